The van der Waals surface area contributed by atoms with E-state index in [1.165, 1.54) is 24.0 Å². The van der Waals surface area contributed by atoms with Gasteiger partial charge in [0, 0.05) is 66.4 Å². The molecule has 0 aromatic heterocycles. The molecule has 1 spiro atoms. The molecule has 0 bridgehead atoms. The van der Waals surface area contributed by atoms with E-state index in [-0.39, 0.29) is 18.0 Å². The molecular formula is C29H41ClN4O2. The second kappa shape index (κ2) is 9.72. The Morgan fingerprint density at radius 2 is 2.03 bits per heavy atom. The fourth-order valence-electron chi connectivity index (χ4n) is 7.24. The largest absolute Gasteiger partial charge is 0.392 e. The van der Waals surface area contributed by atoms with Crippen LogP contribution in [0.1, 0.15) is 55.7 Å². The Labute approximate surface area is 220 Å². The van der Waals surface area contributed by atoms with E-state index in [0.29, 0.717) is 23.9 Å². The van der Waals surface area contributed by atoms with Crippen LogP contribution in [-0.4, -0.2) is 90.5 Å². The smallest absolute Gasteiger partial charge is 0.0625 e. The number of benzene rings is 1. The maximum absolute atomic E-state index is 11.1. The minimum Gasteiger partial charge on any atom is -0.392 e. The van der Waals surface area contributed by atoms with Gasteiger partial charge in [0.15, 0.2) is 0 Å². The van der Waals surface area contributed by atoms with Gasteiger partial charge in [-0.2, -0.15) is 0 Å². The van der Waals surface area contributed by atoms with Crippen LogP contribution < -0.4 is 5.73 Å². The predicted molar refractivity (Wildman–Crippen MR) is 144 cm³/mol. The maximum Gasteiger partial charge on any atom is 0.0625 e. The lowest BCUT2D eigenvalue weighted by molar-refractivity contribution is -0.197. The quantitative estimate of drug-likeness (QED) is 0.629. The predicted octanol–water partition coefficient (Wildman–Crippen LogP) is 3.52. The van der Waals surface area contributed by atoms with Crippen molar-refractivity contribution in [1.82, 2.24) is 14.7 Å². The fraction of sp³-hybridized carbons (Fsp3) is 0.655. The molecule has 0 radical (unpaired) electrons. The van der Waals surface area contributed by atoms with Crippen LogP contribution >= 0.6 is 11.6 Å². The van der Waals surface area contributed by atoms with E-state index in [1.54, 1.807) is 0 Å². The van der Waals surface area contributed by atoms with Gasteiger partial charge in [-0.1, -0.05) is 35.9 Å². The van der Waals surface area contributed by atoms with E-state index >= 15 is 0 Å². The summed E-state index contributed by atoms with van der Waals surface area (Å²) in [5.41, 5.74) is 10.7. The molecule has 3 N–H and O–H groups in total. The lowest BCUT2D eigenvalue weighted by Crippen LogP contribution is -2.66. The zero-order valence-corrected chi connectivity index (χ0v) is 22.4. The molecular weight excluding hydrogens is 472 g/mol. The molecule has 6 nitrogen and oxygen atoms in total. The molecule has 4 aliphatic heterocycles. The highest BCUT2D eigenvalue weighted by Crippen LogP contribution is 2.44. The molecule has 0 amide bonds. The van der Waals surface area contributed by atoms with Gasteiger partial charge in [-0.3, -0.25) is 9.80 Å². The van der Waals surface area contributed by atoms with Gasteiger partial charge in [0.1, 0.15) is 0 Å². The van der Waals surface area contributed by atoms with Crippen LogP contribution in [-0.2, 0) is 4.74 Å². The van der Waals surface area contributed by atoms with Crippen molar-refractivity contribution < 1.29 is 9.84 Å². The van der Waals surface area contributed by atoms with E-state index in [2.05, 4.69) is 65.2 Å². The second-order valence-electron chi connectivity index (χ2n) is 12.1. The summed E-state index contributed by atoms with van der Waals surface area (Å²) in [6.07, 6.45) is 10.3. The first-order valence-corrected chi connectivity index (χ1v) is 14.1. The third-order valence-corrected chi connectivity index (χ3v) is 9.92. The number of nitrogens with zero attached hydrogens (tertiary/aromatic N) is 3. The average Bonchev–Trinajstić information content (AvgIpc) is 3.23. The maximum atomic E-state index is 11.1. The van der Waals surface area contributed by atoms with Crippen molar-refractivity contribution in [2.45, 2.75) is 68.8 Å². The number of likely N-dealkylation sites (N-methyl/N-ethyl adjacent to an activating group) is 1. The summed E-state index contributed by atoms with van der Waals surface area (Å²) >= 11 is 6.90. The third kappa shape index (κ3) is 4.44. The molecule has 1 aliphatic carbocycles. The van der Waals surface area contributed by atoms with Crippen molar-refractivity contribution in [2.75, 3.05) is 46.4 Å². The van der Waals surface area contributed by atoms with Gasteiger partial charge in [-0.25, -0.2) is 0 Å². The summed E-state index contributed by atoms with van der Waals surface area (Å²) in [4.78, 5) is 7.38. The molecule has 36 heavy (non-hydrogen) atoms. The number of hydrogen-bond donors (Lipinski definition) is 2. The van der Waals surface area contributed by atoms with E-state index < -0.39 is 6.10 Å². The Balaban J connectivity index is 1.17. The first-order chi connectivity index (χ1) is 17.3. The monoisotopic (exact) mass is 512 g/mol. The molecule has 3 saturated heterocycles. The Kier molecular flexibility index (Phi) is 6.72. The molecule has 4 heterocycles. The molecule has 196 valence electrons. The zero-order chi connectivity index (χ0) is 25.0. The number of aliphatic hydroxyl groups excluding tert-OH is 1. The first-order valence-electron chi connectivity index (χ1n) is 13.7. The summed E-state index contributed by atoms with van der Waals surface area (Å²) in [5.74, 6) is -0.0111. The highest BCUT2D eigenvalue weighted by Gasteiger charge is 2.50. The van der Waals surface area contributed by atoms with Crippen LogP contribution in [0, 0.1) is 5.41 Å². The molecule has 5 aliphatic rings. The van der Waals surface area contributed by atoms with Gasteiger partial charge in [0.05, 0.1) is 19.3 Å². The van der Waals surface area contributed by atoms with Crippen molar-refractivity contribution in [1.29, 1.82) is 0 Å². The molecule has 6 rings (SSSR count). The Bertz CT molecular complexity index is 1030. The van der Waals surface area contributed by atoms with Crippen molar-refractivity contribution >= 4 is 11.6 Å². The van der Waals surface area contributed by atoms with Crippen LogP contribution in [0.3, 0.4) is 0 Å². The van der Waals surface area contributed by atoms with Crippen LogP contribution in [0.5, 0.6) is 0 Å². The summed E-state index contributed by atoms with van der Waals surface area (Å²) in [6.45, 7) is 8.30. The Morgan fingerprint density at radius 3 is 2.69 bits per heavy atom. The SMILES string of the molecule is CC(c1ccc(C2CC(N3C=C(C4CCCN4C)C=CC3)C(N)CC2O)c(Cl)c1)N1CC2(COC2)C1. The van der Waals surface area contributed by atoms with Crippen molar-refractivity contribution in [3.63, 3.8) is 0 Å². The number of halogens is 1. The zero-order valence-electron chi connectivity index (χ0n) is 21.7. The summed E-state index contributed by atoms with van der Waals surface area (Å²) < 4.78 is 5.43. The van der Waals surface area contributed by atoms with Gasteiger partial charge in [0.25, 0.3) is 0 Å². The molecule has 1 aromatic carbocycles. The topological polar surface area (TPSA) is 65.2 Å². The van der Waals surface area contributed by atoms with E-state index in [1.807, 2.05) is 0 Å². The van der Waals surface area contributed by atoms with Gasteiger partial charge < -0.3 is 20.5 Å². The minimum atomic E-state index is -0.476. The van der Waals surface area contributed by atoms with Gasteiger partial charge >= 0.3 is 0 Å². The van der Waals surface area contributed by atoms with Gasteiger partial charge in [-0.05, 0) is 69.0 Å². The lowest BCUT2D eigenvalue weighted by atomic mass is 9.75. The second-order valence-corrected chi connectivity index (χ2v) is 12.5. The fourth-order valence-corrected chi connectivity index (χ4v) is 7.57. The Morgan fingerprint density at radius 1 is 1.22 bits per heavy atom. The summed E-state index contributed by atoms with van der Waals surface area (Å²) in [5, 5.41) is 11.9. The van der Waals surface area contributed by atoms with Crippen LogP contribution in [0.2, 0.25) is 5.02 Å². The Hall–Kier alpha value is -1.41. The van der Waals surface area contributed by atoms with Crippen LogP contribution in [0.15, 0.2) is 42.1 Å². The molecule has 6 unspecified atom stereocenters. The average molecular weight is 513 g/mol. The number of rotatable bonds is 5. The van der Waals surface area contributed by atoms with Gasteiger partial charge in [-0.15, -0.1) is 0 Å². The highest BCUT2D eigenvalue weighted by molar-refractivity contribution is 6.31. The molecule has 1 saturated carbocycles. The van der Waals surface area contributed by atoms with Crippen molar-refractivity contribution in [3.8, 4) is 0 Å². The molecule has 6 atom stereocenters. The standard InChI is InChI=1S/C29H41ClN4O2/c1-19(34-15-29(16-34)17-36-18-29)20-7-8-22(24(30)11-20)23-12-27(25(31)13-28(23)35)33-10-3-5-21(14-33)26-6-4-9-32(26)2/h3,5,7-8,11,14,19,23,25-28,35H,4,6,9-10,12-13,15-18,31H2,1-2H3. The van der Waals surface area contributed by atoms with Gasteiger partial charge in [0.2, 0.25) is 0 Å². The number of ether oxygens (including phenoxy) is 1. The lowest BCUT2D eigenvalue weighted by Gasteiger charge is -2.57. The molecule has 1 aromatic rings. The van der Waals surface area contributed by atoms with Crippen LogP contribution in [0.4, 0.5) is 0 Å². The number of likely N-dealkylation sites (tertiary alicyclic amines) is 2. The van der Waals surface area contributed by atoms with Crippen molar-refractivity contribution in [3.05, 3.63) is 58.3 Å². The van der Waals surface area contributed by atoms with Crippen molar-refractivity contribution in [2.24, 2.45) is 11.1 Å². The van der Waals surface area contributed by atoms with E-state index in [4.69, 9.17) is 22.1 Å². The number of nitrogens with two attached hydrogens (primary N) is 1. The summed E-state index contributed by atoms with van der Waals surface area (Å²) in [6, 6.07) is 7.43. The van der Waals surface area contributed by atoms with E-state index in [9.17, 15) is 5.11 Å². The molecule has 4 fully saturated rings. The van der Waals surface area contributed by atoms with E-state index in [0.717, 1.165) is 56.4 Å². The minimum absolute atomic E-state index is 0.0111. The summed E-state index contributed by atoms with van der Waals surface area (Å²) in [7, 11) is 2.22. The third-order valence-electron chi connectivity index (χ3n) is 9.59. The number of aliphatic hydroxyl groups is 1. The normalized spacial score (nSPS) is 35.4. The van der Waals surface area contributed by atoms with Crippen LogP contribution in [0.25, 0.3) is 0 Å². The first kappa shape index (κ1) is 24.9. The number of hydrogen-bond acceptors (Lipinski definition) is 6. The molecule has 7 heteroatoms. The highest BCUT2D eigenvalue weighted by atomic mass is 35.5.